The van der Waals surface area contributed by atoms with E-state index in [2.05, 4.69) is 21.5 Å². The van der Waals surface area contributed by atoms with E-state index < -0.39 is 5.97 Å². The number of para-hydroxylation sites is 2. The standard InChI is InChI=1S/C23H22N4O3/c1-2-30-23(29)22-20(14-21(28)27(26-22)17-8-4-3-5-9-17)24-13-12-16-15-25-19-11-7-6-10-18(16)19/h3-11,14-15,24-25H,2,12-13H2,1H3. The van der Waals surface area contributed by atoms with Crippen molar-refractivity contribution in [1.29, 1.82) is 0 Å². The number of rotatable bonds is 7. The second kappa shape index (κ2) is 8.65. The van der Waals surface area contributed by atoms with Crippen LogP contribution in [-0.2, 0) is 11.2 Å². The highest BCUT2D eigenvalue weighted by molar-refractivity contribution is 5.93. The smallest absolute Gasteiger partial charge is 0.360 e. The summed E-state index contributed by atoms with van der Waals surface area (Å²) < 4.78 is 6.35. The van der Waals surface area contributed by atoms with Crippen LogP contribution in [0, 0.1) is 0 Å². The molecule has 0 fully saturated rings. The molecule has 0 radical (unpaired) electrons. The zero-order chi connectivity index (χ0) is 20.9. The molecule has 2 N–H and O–H groups in total. The van der Waals surface area contributed by atoms with Gasteiger partial charge >= 0.3 is 5.97 Å². The maximum absolute atomic E-state index is 12.6. The molecule has 4 aromatic rings. The Balaban J connectivity index is 1.60. The minimum Gasteiger partial charge on any atom is -0.461 e. The molecule has 2 aromatic carbocycles. The summed E-state index contributed by atoms with van der Waals surface area (Å²) in [5.74, 6) is -0.572. The van der Waals surface area contributed by atoms with Gasteiger partial charge in [-0.2, -0.15) is 9.78 Å². The molecule has 7 heteroatoms. The average Bonchev–Trinajstić information content (AvgIpc) is 3.18. The summed E-state index contributed by atoms with van der Waals surface area (Å²) in [5.41, 5.74) is 2.93. The Morgan fingerprint density at radius 1 is 1.13 bits per heavy atom. The number of ether oxygens (including phenoxy) is 1. The van der Waals surface area contributed by atoms with E-state index in [9.17, 15) is 9.59 Å². The fraction of sp³-hybridized carbons (Fsp3) is 0.174. The first-order valence-corrected chi connectivity index (χ1v) is 9.83. The van der Waals surface area contributed by atoms with Crippen molar-refractivity contribution < 1.29 is 9.53 Å². The Morgan fingerprint density at radius 2 is 1.90 bits per heavy atom. The van der Waals surface area contributed by atoms with Gasteiger partial charge in [0.05, 0.1) is 18.0 Å². The lowest BCUT2D eigenvalue weighted by molar-refractivity contribution is 0.0518. The first-order chi connectivity index (χ1) is 14.7. The highest BCUT2D eigenvalue weighted by atomic mass is 16.5. The molecular formula is C23H22N4O3. The van der Waals surface area contributed by atoms with Gasteiger partial charge in [0.1, 0.15) is 0 Å². The van der Waals surface area contributed by atoms with Crippen LogP contribution in [0.3, 0.4) is 0 Å². The molecule has 0 amide bonds. The van der Waals surface area contributed by atoms with E-state index in [4.69, 9.17) is 4.74 Å². The maximum atomic E-state index is 12.6. The Labute approximate surface area is 173 Å². The Hall–Kier alpha value is -3.87. The van der Waals surface area contributed by atoms with Gasteiger partial charge in [-0.15, -0.1) is 0 Å². The van der Waals surface area contributed by atoms with Crippen molar-refractivity contribution in [1.82, 2.24) is 14.8 Å². The van der Waals surface area contributed by atoms with Crippen LogP contribution in [-0.4, -0.2) is 33.9 Å². The van der Waals surface area contributed by atoms with Crippen molar-refractivity contribution in [3.63, 3.8) is 0 Å². The number of carbonyl (C=O) groups is 1. The SMILES string of the molecule is CCOC(=O)c1nn(-c2ccccc2)c(=O)cc1NCCc1c[nH]c2ccccc12. The lowest BCUT2D eigenvalue weighted by Gasteiger charge is -2.13. The van der Waals surface area contributed by atoms with Crippen molar-refractivity contribution in [2.45, 2.75) is 13.3 Å². The molecule has 0 aliphatic rings. The number of anilines is 1. The number of hydrogen-bond acceptors (Lipinski definition) is 5. The van der Waals surface area contributed by atoms with Crippen LogP contribution in [0.25, 0.3) is 16.6 Å². The number of fused-ring (bicyclic) bond motifs is 1. The highest BCUT2D eigenvalue weighted by Crippen LogP contribution is 2.19. The molecule has 0 aliphatic heterocycles. The topological polar surface area (TPSA) is 89.0 Å². The lowest BCUT2D eigenvalue weighted by Crippen LogP contribution is -2.26. The van der Waals surface area contributed by atoms with Gasteiger partial charge in [0.2, 0.25) is 0 Å². The predicted octanol–water partition coefficient (Wildman–Crippen LogP) is 3.55. The lowest BCUT2D eigenvalue weighted by atomic mass is 10.1. The molecule has 2 heterocycles. The van der Waals surface area contributed by atoms with Crippen LogP contribution >= 0.6 is 0 Å². The quantitative estimate of drug-likeness (QED) is 0.462. The van der Waals surface area contributed by atoms with Crippen LogP contribution in [0.2, 0.25) is 0 Å². The first kappa shape index (κ1) is 19.4. The Bertz CT molecular complexity index is 1230. The van der Waals surface area contributed by atoms with E-state index in [-0.39, 0.29) is 17.9 Å². The van der Waals surface area contributed by atoms with Crippen LogP contribution in [0.5, 0.6) is 0 Å². The van der Waals surface area contributed by atoms with Crippen LogP contribution in [0.15, 0.2) is 71.7 Å². The molecule has 30 heavy (non-hydrogen) atoms. The van der Waals surface area contributed by atoms with E-state index in [0.29, 0.717) is 24.3 Å². The monoisotopic (exact) mass is 402 g/mol. The van der Waals surface area contributed by atoms with Crippen molar-refractivity contribution in [2.75, 3.05) is 18.5 Å². The van der Waals surface area contributed by atoms with E-state index in [1.165, 1.54) is 10.7 Å². The van der Waals surface area contributed by atoms with Gasteiger partial charge in [-0.25, -0.2) is 4.79 Å². The fourth-order valence-electron chi connectivity index (χ4n) is 3.37. The van der Waals surface area contributed by atoms with E-state index in [1.54, 1.807) is 31.2 Å². The summed E-state index contributed by atoms with van der Waals surface area (Å²) >= 11 is 0. The molecule has 2 aromatic heterocycles. The molecule has 0 unspecified atom stereocenters. The number of esters is 1. The Morgan fingerprint density at radius 3 is 2.70 bits per heavy atom. The maximum Gasteiger partial charge on any atom is 0.360 e. The van der Waals surface area contributed by atoms with Gasteiger partial charge in [0, 0.05) is 29.7 Å². The van der Waals surface area contributed by atoms with Gasteiger partial charge in [-0.3, -0.25) is 4.79 Å². The normalized spacial score (nSPS) is 10.8. The molecule has 7 nitrogen and oxygen atoms in total. The molecule has 4 rings (SSSR count). The molecule has 152 valence electrons. The zero-order valence-corrected chi connectivity index (χ0v) is 16.6. The minimum atomic E-state index is -0.572. The number of benzene rings is 2. The summed E-state index contributed by atoms with van der Waals surface area (Å²) in [7, 11) is 0. The van der Waals surface area contributed by atoms with Crippen LogP contribution in [0.4, 0.5) is 5.69 Å². The summed E-state index contributed by atoms with van der Waals surface area (Å²) in [5, 5.41) is 8.63. The second-order valence-corrected chi connectivity index (χ2v) is 6.75. The third kappa shape index (κ3) is 3.96. The number of aromatic nitrogens is 3. The fourth-order valence-corrected chi connectivity index (χ4v) is 3.37. The number of carbonyl (C=O) groups excluding carboxylic acids is 1. The predicted molar refractivity (Wildman–Crippen MR) is 116 cm³/mol. The van der Waals surface area contributed by atoms with E-state index in [0.717, 1.165) is 16.5 Å². The number of hydrogen-bond donors (Lipinski definition) is 2. The van der Waals surface area contributed by atoms with E-state index >= 15 is 0 Å². The van der Waals surface area contributed by atoms with Gasteiger partial charge in [-0.05, 0) is 37.1 Å². The summed E-state index contributed by atoms with van der Waals surface area (Å²) in [4.78, 5) is 28.4. The minimum absolute atomic E-state index is 0.0826. The summed E-state index contributed by atoms with van der Waals surface area (Å²) in [6.45, 7) is 2.49. The van der Waals surface area contributed by atoms with Crippen LogP contribution < -0.4 is 10.9 Å². The third-order valence-electron chi connectivity index (χ3n) is 4.79. The second-order valence-electron chi connectivity index (χ2n) is 6.75. The molecule has 0 saturated heterocycles. The van der Waals surface area contributed by atoms with Crippen molar-refractivity contribution in [2.24, 2.45) is 0 Å². The van der Waals surface area contributed by atoms with Crippen LogP contribution in [0.1, 0.15) is 23.0 Å². The summed E-state index contributed by atoms with van der Waals surface area (Å²) in [6.07, 6.45) is 2.69. The average molecular weight is 402 g/mol. The molecule has 0 atom stereocenters. The van der Waals surface area contributed by atoms with Gasteiger partial charge < -0.3 is 15.0 Å². The zero-order valence-electron chi connectivity index (χ0n) is 16.6. The van der Waals surface area contributed by atoms with Gasteiger partial charge in [0.15, 0.2) is 5.69 Å². The molecule has 0 saturated carbocycles. The number of nitrogens with one attached hydrogen (secondary N) is 2. The molecular weight excluding hydrogens is 380 g/mol. The van der Waals surface area contributed by atoms with Gasteiger partial charge in [0.25, 0.3) is 5.56 Å². The molecule has 0 spiro atoms. The van der Waals surface area contributed by atoms with Crippen molar-refractivity contribution in [3.05, 3.63) is 88.5 Å². The molecule has 0 aliphatic carbocycles. The molecule has 0 bridgehead atoms. The van der Waals surface area contributed by atoms with E-state index in [1.807, 2.05) is 30.5 Å². The largest absolute Gasteiger partial charge is 0.461 e. The van der Waals surface area contributed by atoms with Gasteiger partial charge in [-0.1, -0.05) is 36.4 Å². The number of nitrogens with zero attached hydrogens (tertiary/aromatic N) is 2. The number of aromatic amines is 1. The van der Waals surface area contributed by atoms with Crippen molar-refractivity contribution in [3.8, 4) is 5.69 Å². The highest BCUT2D eigenvalue weighted by Gasteiger charge is 2.18. The third-order valence-corrected chi connectivity index (χ3v) is 4.79. The van der Waals surface area contributed by atoms with Crippen molar-refractivity contribution >= 4 is 22.6 Å². The first-order valence-electron chi connectivity index (χ1n) is 9.83. The Kier molecular flexibility index (Phi) is 5.61. The number of H-pyrrole nitrogens is 1. The summed E-state index contributed by atoms with van der Waals surface area (Å²) in [6, 6.07) is 18.4.